The minimum absolute atomic E-state index is 0.0383. The van der Waals surface area contributed by atoms with Gasteiger partial charge in [-0.05, 0) is 54.5 Å². The van der Waals surface area contributed by atoms with E-state index in [9.17, 15) is 0 Å². The molecule has 0 aliphatic rings. The molecule has 160 valence electrons. The summed E-state index contributed by atoms with van der Waals surface area (Å²) in [5, 5.41) is 1.50. The highest BCUT2D eigenvalue weighted by Crippen LogP contribution is 2.30. The van der Waals surface area contributed by atoms with Crippen molar-refractivity contribution >= 4 is 27.8 Å². The fourth-order valence-corrected chi connectivity index (χ4v) is 3.87. The zero-order valence-corrected chi connectivity index (χ0v) is 18.9. The number of allylic oxidation sites excluding steroid dienone is 1. The van der Waals surface area contributed by atoms with Gasteiger partial charge in [0.05, 0.1) is 11.4 Å². The molecular weight excluding hydrogens is 395 g/mol. The molecule has 32 heavy (non-hydrogen) atoms. The number of rotatable bonds is 5. The molecule has 0 radical (unpaired) electrons. The Bertz CT molecular complexity index is 1300. The van der Waals surface area contributed by atoms with Gasteiger partial charge in [0.1, 0.15) is 5.82 Å². The number of hydrogen-bond acceptors (Lipinski definition) is 2. The first kappa shape index (κ1) is 21.6. The van der Waals surface area contributed by atoms with Gasteiger partial charge in [-0.3, -0.25) is 9.98 Å². The van der Waals surface area contributed by atoms with Crippen LogP contribution in [0.25, 0.3) is 22.0 Å². The van der Waals surface area contributed by atoms with Crippen molar-refractivity contribution < 1.29 is 4.39 Å². The number of fused-ring (bicyclic) bond motifs is 1. The summed E-state index contributed by atoms with van der Waals surface area (Å²) < 4.78 is 15.6. The van der Waals surface area contributed by atoms with E-state index in [1.807, 2.05) is 48.5 Å². The predicted octanol–water partition coefficient (Wildman–Crippen LogP) is 7.72. The second-order valence-corrected chi connectivity index (χ2v) is 8.38. The lowest BCUT2D eigenvalue weighted by Crippen LogP contribution is -2.12. The Morgan fingerprint density at radius 3 is 2.22 bits per heavy atom. The summed E-state index contributed by atoms with van der Waals surface area (Å²) in [5.74, 6) is -0.184. The molecule has 3 aromatic carbocycles. The summed E-state index contributed by atoms with van der Waals surface area (Å²) in [5.41, 5.74) is 6.38. The average molecular weight is 423 g/mol. The zero-order valence-electron chi connectivity index (χ0n) is 18.9. The molecule has 0 aliphatic carbocycles. The van der Waals surface area contributed by atoms with E-state index in [1.165, 1.54) is 5.56 Å². The van der Waals surface area contributed by atoms with Crippen molar-refractivity contribution in [2.75, 3.05) is 0 Å². The fraction of sp³-hybridized carbons (Fsp3) is 0.172. The maximum absolute atomic E-state index is 15.6. The largest absolute Gasteiger partial charge is 0.265 e. The third-order valence-corrected chi connectivity index (χ3v) is 5.71. The van der Waals surface area contributed by atoms with Gasteiger partial charge in [0.2, 0.25) is 0 Å². The van der Waals surface area contributed by atoms with Crippen LogP contribution in [0.5, 0.6) is 0 Å². The second-order valence-electron chi connectivity index (χ2n) is 8.38. The number of aryl methyl sites for hydroxylation is 1. The van der Waals surface area contributed by atoms with Gasteiger partial charge in [-0.2, -0.15) is 0 Å². The van der Waals surface area contributed by atoms with Crippen molar-refractivity contribution in [2.45, 2.75) is 27.7 Å². The molecule has 0 N–H and O–H groups in total. The van der Waals surface area contributed by atoms with Crippen LogP contribution in [0.1, 0.15) is 43.0 Å². The molecule has 0 spiro atoms. The van der Waals surface area contributed by atoms with Crippen LogP contribution in [0.15, 0.2) is 90.2 Å². The molecule has 0 bridgehead atoms. The van der Waals surface area contributed by atoms with Crippen LogP contribution in [0.2, 0.25) is 0 Å². The number of nitrogens with zero attached hydrogens (tertiary/aromatic N) is 2. The zero-order chi connectivity index (χ0) is 22.7. The highest BCUT2D eigenvalue weighted by Gasteiger charge is 2.18. The summed E-state index contributed by atoms with van der Waals surface area (Å²) in [7, 11) is 0. The van der Waals surface area contributed by atoms with Crippen molar-refractivity contribution in [1.82, 2.24) is 4.98 Å². The lowest BCUT2D eigenvalue weighted by atomic mass is 9.95. The maximum Gasteiger partial charge on any atom is 0.140 e. The van der Waals surface area contributed by atoms with Crippen molar-refractivity contribution in [3.05, 3.63) is 113 Å². The Morgan fingerprint density at radius 2 is 1.53 bits per heavy atom. The molecule has 0 aliphatic heterocycles. The molecule has 0 saturated carbocycles. The number of halogens is 1. The number of aromatic nitrogens is 1. The van der Waals surface area contributed by atoms with Gasteiger partial charge in [-0.15, -0.1) is 0 Å². The lowest BCUT2D eigenvalue weighted by molar-refractivity contribution is 0.635. The number of benzene rings is 3. The van der Waals surface area contributed by atoms with E-state index in [4.69, 9.17) is 4.99 Å². The van der Waals surface area contributed by atoms with Crippen molar-refractivity contribution in [3.8, 4) is 0 Å². The van der Waals surface area contributed by atoms with E-state index in [-0.39, 0.29) is 11.7 Å². The van der Waals surface area contributed by atoms with E-state index in [1.54, 1.807) is 12.4 Å². The first-order chi connectivity index (χ1) is 15.5. The van der Waals surface area contributed by atoms with E-state index < -0.39 is 0 Å². The molecule has 0 saturated heterocycles. The average Bonchev–Trinajstić information content (AvgIpc) is 2.81. The Labute approximate surface area is 189 Å². The molecule has 1 heterocycles. The second kappa shape index (κ2) is 9.27. The van der Waals surface area contributed by atoms with Crippen LogP contribution in [0.3, 0.4) is 0 Å². The fourth-order valence-electron chi connectivity index (χ4n) is 3.87. The third-order valence-electron chi connectivity index (χ3n) is 5.71. The van der Waals surface area contributed by atoms with Crippen LogP contribution in [-0.4, -0.2) is 10.7 Å². The molecule has 2 nitrogen and oxygen atoms in total. The summed E-state index contributed by atoms with van der Waals surface area (Å²) in [6, 6.07) is 23.6. The molecule has 0 atom stereocenters. The van der Waals surface area contributed by atoms with Gasteiger partial charge in [0.15, 0.2) is 0 Å². The van der Waals surface area contributed by atoms with Gasteiger partial charge >= 0.3 is 0 Å². The standard InChI is InChI=1S/C29H27FN2/c1-19(2)28(26-14-13-23-7-5-6-8-25(23)27(26)30)32-29(24-11-9-20(3)10-12-24)21(4)22-15-17-31-18-16-22/h5-19H,1-4H3/b29-21+,32-28?. The van der Waals surface area contributed by atoms with E-state index in [2.05, 4.69) is 56.9 Å². The van der Waals surface area contributed by atoms with Crippen molar-refractivity contribution in [3.63, 3.8) is 0 Å². The molecule has 0 unspecified atom stereocenters. The Morgan fingerprint density at radius 1 is 0.844 bits per heavy atom. The van der Waals surface area contributed by atoms with Gasteiger partial charge in [0, 0.05) is 28.9 Å². The summed E-state index contributed by atoms with van der Waals surface area (Å²) >= 11 is 0. The number of aliphatic imine (C=N–C) groups is 1. The third kappa shape index (κ3) is 4.38. The molecule has 0 fully saturated rings. The normalized spacial score (nSPS) is 12.9. The molecular formula is C29H27FN2. The van der Waals surface area contributed by atoms with Gasteiger partial charge in [-0.25, -0.2) is 4.39 Å². The first-order valence-electron chi connectivity index (χ1n) is 10.9. The van der Waals surface area contributed by atoms with E-state index in [0.29, 0.717) is 10.9 Å². The van der Waals surface area contributed by atoms with Crippen molar-refractivity contribution in [1.29, 1.82) is 0 Å². The topological polar surface area (TPSA) is 25.2 Å². The molecule has 3 heteroatoms. The number of hydrogen-bond donors (Lipinski definition) is 0. The number of pyridine rings is 1. The van der Waals surface area contributed by atoms with Crippen LogP contribution in [-0.2, 0) is 0 Å². The Balaban J connectivity index is 1.96. The van der Waals surface area contributed by atoms with Crippen LogP contribution in [0, 0.1) is 18.7 Å². The maximum atomic E-state index is 15.6. The highest BCUT2D eigenvalue weighted by molar-refractivity contribution is 6.08. The SMILES string of the molecule is C/C(=C(\N=C(c1ccc2ccccc2c1F)C(C)C)c1ccc(C)cc1)c1ccncc1. The smallest absolute Gasteiger partial charge is 0.140 e. The van der Waals surface area contributed by atoms with Gasteiger partial charge in [0.25, 0.3) is 0 Å². The van der Waals surface area contributed by atoms with Gasteiger partial charge < -0.3 is 0 Å². The predicted molar refractivity (Wildman–Crippen MR) is 133 cm³/mol. The van der Waals surface area contributed by atoms with Crippen LogP contribution >= 0.6 is 0 Å². The Hall–Kier alpha value is -3.59. The van der Waals surface area contributed by atoms with E-state index in [0.717, 1.165) is 33.5 Å². The first-order valence-corrected chi connectivity index (χ1v) is 10.9. The van der Waals surface area contributed by atoms with E-state index >= 15 is 4.39 Å². The van der Waals surface area contributed by atoms with Crippen LogP contribution in [0.4, 0.5) is 4.39 Å². The molecule has 4 rings (SSSR count). The lowest BCUT2D eigenvalue weighted by Gasteiger charge is -2.17. The molecule has 1 aromatic heterocycles. The van der Waals surface area contributed by atoms with Crippen molar-refractivity contribution in [2.24, 2.45) is 10.9 Å². The highest BCUT2D eigenvalue weighted by atomic mass is 19.1. The summed E-state index contributed by atoms with van der Waals surface area (Å²) in [6.45, 7) is 8.24. The minimum atomic E-state index is -0.222. The molecule has 4 aromatic rings. The van der Waals surface area contributed by atoms with Crippen LogP contribution < -0.4 is 0 Å². The quantitative estimate of drug-likeness (QED) is 0.302. The minimum Gasteiger partial charge on any atom is -0.265 e. The Kier molecular flexibility index (Phi) is 6.27. The molecule has 0 amide bonds. The summed E-state index contributed by atoms with van der Waals surface area (Å²) in [4.78, 5) is 9.27. The monoisotopic (exact) mass is 422 g/mol. The van der Waals surface area contributed by atoms with Gasteiger partial charge in [-0.1, -0.05) is 74.0 Å². The summed E-state index contributed by atoms with van der Waals surface area (Å²) in [6.07, 6.45) is 3.56.